The summed E-state index contributed by atoms with van der Waals surface area (Å²) in [7, 11) is -1.70. The van der Waals surface area contributed by atoms with E-state index in [1.807, 2.05) is 12.1 Å². The first-order valence-corrected chi connectivity index (χ1v) is 10.1. The van der Waals surface area contributed by atoms with Gasteiger partial charge in [-0.05, 0) is 42.0 Å². The lowest BCUT2D eigenvalue weighted by Crippen LogP contribution is -2.30. The van der Waals surface area contributed by atoms with E-state index in [-0.39, 0.29) is 12.5 Å². The lowest BCUT2D eigenvalue weighted by molar-refractivity contribution is 0.0785. The number of hydrogen-bond donors (Lipinski definition) is 0. The van der Waals surface area contributed by atoms with Crippen molar-refractivity contribution in [2.75, 3.05) is 24.2 Å². The average molecular weight is 393 g/mol. The third-order valence-corrected chi connectivity index (χ3v) is 5.19. The molecule has 0 saturated carbocycles. The second-order valence-electron chi connectivity index (χ2n) is 5.92. The minimum absolute atomic E-state index is 0.152. The molecule has 26 heavy (non-hydrogen) atoms. The molecule has 7 heteroatoms. The SMILES string of the molecule is C=CCN(c1ccc(C(=O)N(C)Cc2ccc(Cl)cc2)cc1)S(C)(=O)=O. The molecule has 2 rings (SSSR count). The van der Waals surface area contributed by atoms with E-state index in [1.165, 1.54) is 10.4 Å². The lowest BCUT2D eigenvalue weighted by atomic mass is 10.1. The summed E-state index contributed by atoms with van der Waals surface area (Å²) < 4.78 is 25.0. The predicted molar refractivity (Wildman–Crippen MR) is 106 cm³/mol. The number of carbonyl (C=O) groups excluding carboxylic acids is 1. The van der Waals surface area contributed by atoms with Crippen molar-refractivity contribution in [1.29, 1.82) is 0 Å². The first kappa shape index (κ1) is 20.0. The molecule has 0 saturated heterocycles. The highest BCUT2D eigenvalue weighted by molar-refractivity contribution is 7.92. The van der Waals surface area contributed by atoms with E-state index >= 15 is 0 Å². The molecule has 0 N–H and O–H groups in total. The molecular formula is C19H21ClN2O3S. The largest absolute Gasteiger partial charge is 0.337 e. The van der Waals surface area contributed by atoms with Gasteiger partial charge in [-0.25, -0.2) is 8.42 Å². The van der Waals surface area contributed by atoms with E-state index in [0.29, 0.717) is 22.8 Å². The predicted octanol–water partition coefficient (Wildman–Crippen LogP) is 3.56. The average Bonchev–Trinajstić information content (AvgIpc) is 2.60. The molecule has 0 bridgehead atoms. The molecule has 0 heterocycles. The topological polar surface area (TPSA) is 57.7 Å². The summed E-state index contributed by atoms with van der Waals surface area (Å²) in [6, 6.07) is 13.8. The Labute approximate surface area is 159 Å². The number of amides is 1. The second-order valence-corrected chi connectivity index (χ2v) is 8.26. The van der Waals surface area contributed by atoms with Crippen LogP contribution in [0.3, 0.4) is 0 Å². The highest BCUT2D eigenvalue weighted by Gasteiger charge is 2.17. The molecule has 0 aliphatic heterocycles. The zero-order valence-electron chi connectivity index (χ0n) is 14.7. The molecule has 0 aliphatic rings. The van der Waals surface area contributed by atoms with Gasteiger partial charge in [0.1, 0.15) is 0 Å². The number of halogens is 1. The van der Waals surface area contributed by atoms with Crippen molar-refractivity contribution in [2.45, 2.75) is 6.54 Å². The van der Waals surface area contributed by atoms with E-state index in [1.54, 1.807) is 48.3 Å². The van der Waals surface area contributed by atoms with Gasteiger partial charge in [-0.1, -0.05) is 29.8 Å². The lowest BCUT2D eigenvalue weighted by Gasteiger charge is -2.21. The fourth-order valence-corrected chi connectivity index (χ4v) is 3.48. The number of sulfonamides is 1. The van der Waals surface area contributed by atoms with Crippen molar-refractivity contribution in [3.8, 4) is 0 Å². The van der Waals surface area contributed by atoms with Gasteiger partial charge in [-0.2, -0.15) is 0 Å². The fourth-order valence-electron chi connectivity index (χ4n) is 2.48. The molecule has 2 aromatic carbocycles. The quantitative estimate of drug-likeness (QED) is 0.677. The summed E-state index contributed by atoms with van der Waals surface area (Å²) in [4.78, 5) is 14.2. The zero-order chi connectivity index (χ0) is 19.3. The van der Waals surface area contributed by atoms with Crippen molar-refractivity contribution in [2.24, 2.45) is 0 Å². The van der Waals surface area contributed by atoms with Gasteiger partial charge < -0.3 is 4.90 Å². The molecule has 1 amide bonds. The molecule has 0 fully saturated rings. The number of benzene rings is 2. The minimum atomic E-state index is -3.42. The van der Waals surface area contributed by atoms with Crippen LogP contribution in [0.2, 0.25) is 5.02 Å². The van der Waals surface area contributed by atoms with Crippen LogP contribution in [0.4, 0.5) is 5.69 Å². The van der Waals surface area contributed by atoms with Crippen molar-refractivity contribution in [1.82, 2.24) is 4.90 Å². The maximum Gasteiger partial charge on any atom is 0.253 e. The van der Waals surface area contributed by atoms with Crippen LogP contribution >= 0.6 is 11.6 Å². The monoisotopic (exact) mass is 392 g/mol. The van der Waals surface area contributed by atoms with Gasteiger partial charge in [0.25, 0.3) is 5.91 Å². The van der Waals surface area contributed by atoms with Gasteiger partial charge in [0, 0.05) is 24.2 Å². The minimum Gasteiger partial charge on any atom is -0.337 e. The molecule has 0 aliphatic carbocycles. The number of nitrogens with zero attached hydrogens (tertiary/aromatic N) is 2. The van der Waals surface area contributed by atoms with Crippen LogP contribution in [0.25, 0.3) is 0 Å². The summed E-state index contributed by atoms with van der Waals surface area (Å²) in [5.74, 6) is -0.152. The normalized spacial score (nSPS) is 11.0. The van der Waals surface area contributed by atoms with Crippen molar-refractivity contribution < 1.29 is 13.2 Å². The molecule has 0 spiro atoms. The van der Waals surface area contributed by atoms with Crippen LogP contribution in [0, 0.1) is 0 Å². The van der Waals surface area contributed by atoms with Crippen molar-refractivity contribution in [3.63, 3.8) is 0 Å². The van der Waals surface area contributed by atoms with Gasteiger partial charge in [0.05, 0.1) is 18.5 Å². The van der Waals surface area contributed by atoms with Crippen molar-refractivity contribution >= 4 is 33.2 Å². The Balaban J connectivity index is 2.14. The molecule has 2 aromatic rings. The van der Waals surface area contributed by atoms with Crippen LogP contribution in [0.1, 0.15) is 15.9 Å². The third kappa shape index (κ3) is 5.09. The van der Waals surface area contributed by atoms with Gasteiger partial charge in [-0.3, -0.25) is 9.10 Å². The standard InChI is InChI=1S/C19H21ClN2O3S/c1-4-13-22(26(3,24)25)18-11-7-16(8-12-18)19(23)21(2)14-15-5-9-17(20)10-6-15/h4-12H,1,13-14H2,2-3H3. The zero-order valence-corrected chi connectivity index (χ0v) is 16.3. The fraction of sp³-hybridized carbons (Fsp3) is 0.211. The van der Waals surface area contributed by atoms with Crippen LogP contribution in [0.15, 0.2) is 61.2 Å². The molecule has 138 valence electrons. The van der Waals surface area contributed by atoms with E-state index in [2.05, 4.69) is 6.58 Å². The highest BCUT2D eigenvalue weighted by atomic mass is 35.5. The first-order chi connectivity index (χ1) is 12.2. The first-order valence-electron chi connectivity index (χ1n) is 7.91. The third-order valence-electron chi connectivity index (χ3n) is 3.78. The van der Waals surface area contributed by atoms with Crippen LogP contribution in [0.5, 0.6) is 0 Å². The van der Waals surface area contributed by atoms with E-state index in [0.717, 1.165) is 11.8 Å². The number of anilines is 1. The van der Waals surface area contributed by atoms with Crippen LogP contribution < -0.4 is 4.31 Å². The summed E-state index contributed by atoms with van der Waals surface area (Å²) in [6.45, 7) is 4.20. The van der Waals surface area contributed by atoms with Gasteiger partial charge in [-0.15, -0.1) is 6.58 Å². The Morgan fingerprint density at radius 2 is 1.69 bits per heavy atom. The summed E-state index contributed by atoms with van der Waals surface area (Å²) >= 11 is 5.87. The molecular weight excluding hydrogens is 372 g/mol. The molecule has 0 unspecified atom stereocenters. The van der Waals surface area contributed by atoms with E-state index < -0.39 is 10.0 Å². The Morgan fingerprint density at radius 1 is 1.12 bits per heavy atom. The van der Waals surface area contributed by atoms with E-state index in [4.69, 9.17) is 11.6 Å². The van der Waals surface area contributed by atoms with Crippen LogP contribution in [-0.4, -0.2) is 39.1 Å². The van der Waals surface area contributed by atoms with Gasteiger partial charge in [0.15, 0.2) is 0 Å². The Bertz CT molecular complexity index is 878. The summed E-state index contributed by atoms with van der Waals surface area (Å²) in [6.07, 6.45) is 2.65. The molecule has 0 atom stereocenters. The highest BCUT2D eigenvalue weighted by Crippen LogP contribution is 2.19. The van der Waals surface area contributed by atoms with Gasteiger partial charge in [0.2, 0.25) is 10.0 Å². The van der Waals surface area contributed by atoms with Gasteiger partial charge >= 0.3 is 0 Å². The summed E-state index contributed by atoms with van der Waals surface area (Å²) in [5, 5.41) is 0.647. The van der Waals surface area contributed by atoms with E-state index in [9.17, 15) is 13.2 Å². The maximum absolute atomic E-state index is 12.6. The Hall–Kier alpha value is -2.31. The van der Waals surface area contributed by atoms with Crippen LogP contribution in [-0.2, 0) is 16.6 Å². The van der Waals surface area contributed by atoms with Crippen molar-refractivity contribution in [3.05, 3.63) is 77.3 Å². The number of hydrogen-bond acceptors (Lipinski definition) is 3. The maximum atomic E-state index is 12.6. The Kier molecular flexibility index (Phi) is 6.45. The number of rotatable bonds is 7. The number of carbonyl (C=O) groups is 1. The smallest absolute Gasteiger partial charge is 0.253 e. The molecule has 0 aromatic heterocycles. The molecule has 0 radical (unpaired) electrons. The Morgan fingerprint density at radius 3 is 2.19 bits per heavy atom. The second kappa shape index (κ2) is 8.38. The summed E-state index contributed by atoms with van der Waals surface area (Å²) in [5.41, 5.74) is 1.94. The molecule has 5 nitrogen and oxygen atoms in total.